The number of ether oxygens (including phenoxy) is 6. The Morgan fingerprint density at radius 3 is 2.12 bits per heavy atom. The molecule has 4 rings (SSSR count). The molecule has 0 unspecified atom stereocenters. The third-order valence-corrected chi connectivity index (χ3v) is 5.78. The van der Waals surface area contributed by atoms with E-state index in [0.29, 0.717) is 28.6 Å². The smallest absolute Gasteiger partial charge is 0.343 e. The van der Waals surface area contributed by atoms with E-state index in [2.05, 4.69) is 10.5 Å². The molecule has 0 fully saturated rings. The molecule has 1 amide bonds. The Balaban J connectivity index is 1.36. The minimum atomic E-state index is -0.655. The van der Waals surface area contributed by atoms with Crippen LogP contribution < -0.4 is 33.8 Å². The third-order valence-electron chi connectivity index (χ3n) is 5.78. The van der Waals surface area contributed by atoms with Gasteiger partial charge in [-0.2, -0.15) is 5.10 Å². The maximum Gasteiger partial charge on any atom is 0.343 e. The van der Waals surface area contributed by atoms with Crippen LogP contribution in [0, 0.1) is 0 Å². The molecule has 0 aromatic heterocycles. The Kier molecular flexibility index (Phi) is 9.03. The molecule has 0 bridgehead atoms. The van der Waals surface area contributed by atoms with E-state index in [-0.39, 0.29) is 23.7 Å². The maximum atomic E-state index is 12.9. The Hall–Kier alpha value is -5.25. The number of carbonyl (C=O) groups excluding carboxylic acids is 2. The van der Waals surface area contributed by atoms with Gasteiger partial charge in [-0.1, -0.05) is 30.3 Å². The van der Waals surface area contributed by atoms with Crippen molar-refractivity contribution in [3.8, 4) is 34.5 Å². The first kappa shape index (κ1) is 27.8. The number of hydrogen-bond donors (Lipinski definition) is 1. The lowest BCUT2D eigenvalue weighted by molar-refractivity contribution is -0.123. The summed E-state index contributed by atoms with van der Waals surface area (Å²) < 4.78 is 32.4. The number of nitrogens with one attached hydrogen (secondary N) is 1. The average Bonchev–Trinajstić information content (AvgIpc) is 2.99. The lowest BCUT2D eigenvalue weighted by Gasteiger charge is -2.14. The highest BCUT2D eigenvalue weighted by molar-refractivity contribution is 5.93. The van der Waals surface area contributed by atoms with E-state index in [4.69, 9.17) is 28.4 Å². The zero-order valence-electron chi connectivity index (χ0n) is 22.4. The molecule has 1 N–H and O–H groups in total. The number of hydrazone groups is 1. The predicted molar refractivity (Wildman–Crippen MR) is 149 cm³/mol. The highest BCUT2D eigenvalue weighted by Gasteiger charge is 2.19. The van der Waals surface area contributed by atoms with Crippen molar-refractivity contribution in [2.24, 2.45) is 5.10 Å². The van der Waals surface area contributed by atoms with Crippen molar-refractivity contribution in [2.45, 2.75) is 0 Å². The fourth-order valence-electron chi connectivity index (χ4n) is 3.82. The fraction of sp³-hybridized carbons (Fsp3) is 0.167. The standard InChI is InChI=1S/C30H28N2O8/c1-35-25-13-19(17-31-32-28(33)18-39-23-11-10-20-7-5-6-8-21(20)14-23)9-12-24(25)40-30(34)22-15-26(36-2)29(38-4)27(16-22)37-3/h5-17H,18H2,1-4H3,(H,32,33). The van der Waals surface area contributed by atoms with Gasteiger partial charge in [0.2, 0.25) is 5.75 Å². The molecule has 4 aromatic rings. The van der Waals surface area contributed by atoms with E-state index in [9.17, 15) is 9.59 Å². The molecular formula is C30H28N2O8. The largest absolute Gasteiger partial charge is 0.493 e. The molecule has 4 aromatic carbocycles. The number of fused-ring (bicyclic) bond motifs is 1. The number of rotatable bonds is 11. The van der Waals surface area contributed by atoms with Crippen molar-refractivity contribution in [3.05, 3.63) is 83.9 Å². The molecule has 206 valence electrons. The van der Waals surface area contributed by atoms with E-state index in [0.717, 1.165) is 10.8 Å². The lowest BCUT2D eigenvalue weighted by atomic mass is 10.1. The van der Waals surface area contributed by atoms with Gasteiger partial charge in [0.05, 0.1) is 40.2 Å². The van der Waals surface area contributed by atoms with Crippen molar-refractivity contribution >= 4 is 28.9 Å². The van der Waals surface area contributed by atoms with Gasteiger partial charge >= 0.3 is 5.97 Å². The number of hydrogen-bond acceptors (Lipinski definition) is 9. The molecule has 10 nitrogen and oxygen atoms in total. The van der Waals surface area contributed by atoms with Crippen LogP contribution in [0.4, 0.5) is 0 Å². The molecule has 0 saturated heterocycles. The van der Waals surface area contributed by atoms with Crippen LogP contribution in [0.1, 0.15) is 15.9 Å². The van der Waals surface area contributed by atoms with E-state index < -0.39 is 11.9 Å². The number of amides is 1. The van der Waals surface area contributed by atoms with Gasteiger partial charge in [0.25, 0.3) is 5.91 Å². The molecule has 0 heterocycles. The van der Waals surface area contributed by atoms with Gasteiger partial charge in [-0.05, 0) is 58.8 Å². The summed E-state index contributed by atoms with van der Waals surface area (Å²) in [5.74, 6) is 0.968. The van der Waals surface area contributed by atoms with Crippen molar-refractivity contribution in [1.29, 1.82) is 0 Å². The number of methoxy groups -OCH3 is 4. The van der Waals surface area contributed by atoms with E-state index >= 15 is 0 Å². The molecule has 40 heavy (non-hydrogen) atoms. The second-order valence-electron chi connectivity index (χ2n) is 8.30. The van der Waals surface area contributed by atoms with Gasteiger partial charge < -0.3 is 28.4 Å². The predicted octanol–water partition coefficient (Wildman–Crippen LogP) is 4.62. The lowest BCUT2D eigenvalue weighted by Crippen LogP contribution is -2.24. The van der Waals surface area contributed by atoms with Crippen molar-refractivity contribution < 1.29 is 38.0 Å². The summed E-state index contributed by atoms with van der Waals surface area (Å²) in [6.45, 7) is -0.200. The van der Waals surface area contributed by atoms with Crippen LogP contribution in [0.25, 0.3) is 10.8 Å². The summed E-state index contributed by atoms with van der Waals surface area (Å²) in [7, 11) is 5.82. The molecule has 0 spiro atoms. The molecule has 0 radical (unpaired) electrons. The minimum absolute atomic E-state index is 0.186. The van der Waals surface area contributed by atoms with Crippen molar-refractivity contribution in [3.63, 3.8) is 0 Å². The minimum Gasteiger partial charge on any atom is -0.493 e. The van der Waals surface area contributed by atoms with E-state index in [1.54, 1.807) is 24.3 Å². The summed E-state index contributed by atoms with van der Waals surface area (Å²) in [5, 5.41) is 6.07. The highest BCUT2D eigenvalue weighted by atomic mass is 16.6. The Bertz CT molecular complexity index is 1530. The maximum absolute atomic E-state index is 12.9. The van der Waals surface area contributed by atoms with Gasteiger partial charge in [-0.25, -0.2) is 10.2 Å². The molecule has 0 atom stereocenters. The van der Waals surface area contributed by atoms with Gasteiger partial charge in [0.15, 0.2) is 29.6 Å². The van der Waals surface area contributed by atoms with Crippen LogP contribution in [-0.2, 0) is 4.79 Å². The average molecular weight is 545 g/mol. The Morgan fingerprint density at radius 1 is 0.750 bits per heavy atom. The summed E-state index contributed by atoms with van der Waals surface area (Å²) >= 11 is 0. The first-order chi connectivity index (χ1) is 19.4. The van der Waals surface area contributed by atoms with Crippen LogP contribution in [0.5, 0.6) is 34.5 Å². The van der Waals surface area contributed by atoms with Gasteiger partial charge in [-0.15, -0.1) is 0 Å². The van der Waals surface area contributed by atoms with Crippen LogP contribution in [-0.4, -0.2) is 53.1 Å². The van der Waals surface area contributed by atoms with Gasteiger partial charge in [0, 0.05) is 0 Å². The summed E-state index contributed by atoms with van der Waals surface area (Å²) in [6.07, 6.45) is 1.43. The molecule has 0 aliphatic rings. The Labute approximate surface area is 231 Å². The monoisotopic (exact) mass is 544 g/mol. The quantitative estimate of drug-likeness (QED) is 0.126. The van der Waals surface area contributed by atoms with Crippen LogP contribution in [0.3, 0.4) is 0 Å². The van der Waals surface area contributed by atoms with Crippen molar-refractivity contribution in [1.82, 2.24) is 5.43 Å². The molecule has 0 aliphatic heterocycles. The van der Waals surface area contributed by atoms with Gasteiger partial charge in [-0.3, -0.25) is 4.79 Å². The van der Waals surface area contributed by atoms with Crippen LogP contribution in [0.2, 0.25) is 0 Å². The molecule has 10 heteroatoms. The number of carbonyl (C=O) groups is 2. The van der Waals surface area contributed by atoms with E-state index in [1.165, 1.54) is 46.8 Å². The summed E-state index contributed by atoms with van der Waals surface area (Å²) in [6, 6.07) is 21.3. The zero-order valence-corrected chi connectivity index (χ0v) is 22.4. The summed E-state index contributed by atoms with van der Waals surface area (Å²) in [5.41, 5.74) is 3.21. The normalized spacial score (nSPS) is 10.7. The van der Waals surface area contributed by atoms with E-state index in [1.807, 2.05) is 36.4 Å². The van der Waals surface area contributed by atoms with Crippen molar-refractivity contribution in [2.75, 3.05) is 35.0 Å². The van der Waals surface area contributed by atoms with Crippen LogP contribution in [0.15, 0.2) is 77.9 Å². The first-order valence-corrected chi connectivity index (χ1v) is 12.1. The molecular weight excluding hydrogens is 516 g/mol. The molecule has 0 saturated carbocycles. The fourth-order valence-corrected chi connectivity index (χ4v) is 3.82. The highest BCUT2D eigenvalue weighted by Crippen LogP contribution is 2.38. The number of esters is 1. The van der Waals surface area contributed by atoms with Crippen LogP contribution >= 0.6 is 0 Å². The SMILES string of the molecule is COc1cc(C=NNC(=O)COc2ccc3ccccc3c2)ccc1OC(=O)c1cc(OC)c(OC)c(OC)c1. The zero-order chi connectivity index (χ0) is 28.5. The second-order valence-corrected chi connectivity index (χ2v) is 8.30. The summed E-state index contributed by atoms with van der Waals surface area (Å²) in [4.78, 5) is 25.0. The third kappa shape index (κ3) is 6.60. The number of nitrogens with zero attached hydrogens (tertiary/aromatic N) is 1. The second kappa shape index (κ2) is 13.0. The number of benzene rings is 4. The topological polar surface area (TPSA) is 114 Å². The first-order valence-electron chi connectivity index (χ1n) is 12.1. The van der Waals surface area contributed by atoms with Gasteiger partial charge in [0.1, 0.15) is 5.75 Å². The molecule has 0 aliphatic carbocycles. The Morgan fingerprint density at radius 2 is 1.45 bits per heavy atom.